The fourth-order valence-electron chi connectivity index (χ4n) is 23.0. The van der Waals surface area contributed by atoms with Crippen LogP contribution >= 0.6 is 21.4 Å². The highest BCUT2D eigenvalue weighted by molar-refractivity contribution is 7.87. The topological polar surface area (TPSA) is 154 Å². The molecule has 668 valence electrons. The van der Waals surface area contributed by atoms with Gasteiger partial charge in [-0.3, -0.25) is 23.7 Å². The summed E-state index contributed by atoms with van der Waals surface area (Å²) in [6.45, 7) is 6.40. The van der Waals surface area contributed by atoms with Gasteiger partial charge < -0.3 is 13.7 Å². The van der Waals surface area contributed by atoms with E-state index in [0.29, 0.717) is 5.56 Å². The number of para-hydroxylation sites is 4. The molecule has 3 atom stereocenters. The van der Waals surface area contributed by atoms with Crippen LogP contribution < -0.4 is 47.7 Å². The highest BCUT2D eigenvalue weighted by atomic mass is 31.2. The monoisotopic (exact) mass is 1870 g/mol. The first-order valence-electron chi connectivity index (χ1n) is 48.0. The summed E-state index contributed by atoms with van der Waals surface area (Å²) in [5, 5.41) is 32.1. The van der Waals surface area contributed by atoms with E-state index in [9.17, 15) is 5.26 Å². The molecule has 3 unspecified atom stereocenters. The van der Waals surface area contributed by atoms with Crippen LogP contribution in [0.3, 0.4) is 0 Å². The fraction of sp³-hybridized carbons (Fsp3) is 0.0476. The molecule has 5 aromatic heterocycles. The molecular formula is C126H86N9O3P3. The Morgan fingerprint density at radius 1 is 0.270 bits per heavy atom. The number of rotatable bonds is 12. The third kappa shape index (κ3) is 12.8. The Bertz CT molecular complexity index is 9600. The second kappa shape index (κ2) is 33.5. The van der Waals surface area contributed by atoms with E-state index < -0.39 is 21.4 Å². The van der Waals surface area contributed by atoms with Gasteiger partial charge in [0.2, 0.25) is 0 Å². The second-order valence-electron chi connectivity index (χ2n) is 36.4. The van der Waals surface area contributed by atoms with E-state index in [1.54, 1.807) is 0 Å². The SMILES string of the molecule is CCc1nc2cccc3c2n1-c1cc(-c2c4ccccc4c(-c4ccc(C#N)cc4)c4ccccc24)ccc1P3(=O)c1ccccc1.CCc1nc2cccc3c2n1-c1cc(-c2c4ccccc4c(-c4cccc5cccnc45)c4ccccc24)ccc1P3(=O)c1ccccc1.CCc1nc2cccc3c2n1-c1cc(-c2c4ccccc4c(-c4cccnc4)c4ccccc24)ccc1P3(=O)c1ccccc1. The molecule has 0 spiro atoms. The summed E-state index contributed by atoms with van der Waals surface area (Å²) in [6, 6.07) is 144. The second-order valence-corrected chi connectivity index (χ2v) is 44.5. The number of fused-ring (bicyclic) bond motifs is 13. The van der Waals surface area contributed by atoms with E-state index in [-0.39, 0.29) is 0 Å². The smallest absolute Gasteiger partial charge is 0.175 e. The summed E-state index contributed by atoms with van der Waals surface area (Å²) in [6.07, 6.45) is 7.91. The molecule has 8 heterocycles. The summed E-state index contributed by atoms with van der Waals surface area (Å²) in [5.74, 6) is 2.89. The van der Waals surface area contributed by atoms with Crippen LogP contribution in [-0.2, 0) is 33.0 Å². The van der Waals surface area contributed by atoms with Crippen molar-refractivity contribution in [3.63, 3.8) is 0 Å². The molecule has 25 aromatic rings. The molecule has 0 aliphatic carbocycles. The van der Waals surface area contributed by atoms with Crippen molar-refractivity contribution in [1.82, 2.24) is 38.6 Å². The minimum atomic E-state index is -3.21. The van der Waals surface area contributed by atoms with Crippen molar-refractivity contribution < 1.29 is 13.7 Å². The Hall–Kier alpha value is -16.9. The molecule has 3 aliphatic heterocycles. The van der Waals surface area contributed by atoms with Crippen LogP contribution in [0.1, 0.15) is 43.8 Å². The summed E-state index contributed by atoms with van der Waals surface area (Å²) in [4.78, 5) is 24.5. The number of hydrogen-bond donors (Lipinski definition) is 0. The molecule has 0 radical (unpaired) electrons. The van der Waals surface area contributed by atoms with Crippen LogP contribution in [0, 0.1) is 11.3 Å². The number of nitriles is 1. The standard InChI is InChI=1S/C44H30N3OP.C42H28N3OP.C40H28N3OP/c1-2-40-46-36-22-11-23-39-44(36)47(40)37-27-29(24-25-38(37)49(39,48)30-15-4-3-5-16-30)41-31-17-6-8-19-33(31)42(34-20-9-7-18-32(34)41)35-21-10-13-28-14-12-26-45-43(28)35;1-2-39-44-35-17-10-18-38-42(35)45(39)36-25-29(23-24-37(36)47(38,46)30-11-4-3-5-12-30)41-33-15-8-6-13-31(33)40(32-14-7-9-16-34(32)41)28-21-19-27(26-43)20-22-28;1-2-37-42-33-19-10-20-36-40(33)43(37)34-24-26(21-22-35(34)45(36,44)28-13-4-3-5-14-28)38-29-15-6-8-17-31(29)39(27-12-11-23-41-25-27)32-18-9-7-16-30(32)38/h3-27H,2H2,1H3;3-25H,2H2,1H3;3-25H,2H2,1H3. The van der Waals surface area contributed by atoms with Gasteiger partial charge in [0.15, 0.2) is 21.4 Å². The molecule has 0 saturated heterocycles. The van der Waals surface area contributed by atoms with Crippen molar-refractivity contribution in [3.05, 3.63) is 454 Å². The van der Waals surface area contributed by atoms with E-state index in [4.69, 9.17) is 19.9 Å². The average Bonchev–Trinajstić information content (AvgIpc) is 1.64. The molecular weight excluding hydrogens is 1780 g/mol. The minimum absolute atomic E-state index is 0.641. The molecule has 15 heteroatoms. The molecule has 20 aromatic carbocycles. The number of aromatic nitrogens is 8. The highest BCUT2D eigenvalue weighted by Crippen LogP contribution is 2.57. The zero-order valence-electron chi connectivity index (χ0n) is 77.2. The van der Waals surface area contributed by atoms with Gasteiger partial charge in [0.1, 0.15) is 17.5 Å². The number of aryl methyl sites for hydroxylation is 3. The Balaban J connectivity index is 0.000000109. The number of imidazole rings is 3. The van der Waals surface area contributed by atoms with E-state index in [0.717, 1.165) is 228 Å². The zero-order valence-corrected chi connectivity index (χ0v) is 79.9. The summed E-state index contributed by atoms with van der Waals surface area (Å²) in [7, 11) is -9.60. The van der Waals surface area contributed by atoms with E-state index in [1.165, 1.54) is 49.0 Å². The maximum absolute atomic E-state index is 15.7. The third-order valence-electron chi connectivity index (χ3n) is 29.0. The lowest BCUT2D eigenvalue weighted by Crippen LogP contribution is -2.33. The molecule has 28 rings (SSSR count). The first-order valence-corrected chi connectivity index (χ1v) is 53.1. The molecule has 0 bridgehead atoms. The molecule has 0 N–H and O–H groups in total. The van der Waals surface area contributed by atoms with Crippen molar-refractivity contribution in [3.8, 4) is 89.9 Å². The molecule has 0 saturated carbocycles. The van der Waals surface area contributed by atoms with Crippen LogP contribution in [0.5, 0.6) is 0 Å². The number of nitrogens with zero attached hydrogens (tertiary/aromatic N) is 9. The first-order chi connectivity index (χ1) is 69.5. The minimum Gasteiger partial charge on any atom is -0.308 e. The van der Waals surface area contributed by atoms with Gasteiger partial charge in [0.05, 0.1) is 67.3 Å². The average molecular weight is 1870 g/mol. The van der Waals surface area contributed by atoms with Gasteiger partial charge >= 0.3 is 0 Å². The highest BCUT2D eigenvalue weighted by Gasteiger charge is 2.44. The third-order valence-corrected chi connectivity index (χ3v) is 38.3. The van der Waals surface area contributed by atoms with Crippen LogP contribution in [0.15, 0.2) is 431 Å². The lowest BCUT2D eigenvalue weighted by atomic mass is 9.85. The van der Waals surface area contributed by atoms with Gasteiger partial charge in [-0.1, -0.05) is 336 Å². The largest absolute Gasteiger partial charge is 0.308 e. The summed E-state index contributed by atoms with van der Waals surface area (Å²) < 4.78 is 53.7. The predicted octanol–water partition coefficient (Wildman–Crippen LogP) is 27.4. The Kier molecular flexibility index (Phi) is 20.1. The lowest BCUT2D eigenvalue weighted by molar-refractivity contribution is 0.591. The van der Waals surface area contributed by atoms with Crippen LogP contribution in [0.4, 0.5) is 0 Å². The van der Waals surface area contributed by atoms with Crippen molar-refractivity contribution in [2.24, 2.45) is 0 Å². The van der Waals surface area contributed by atoms with Gasteiger partial charge in [-0.15, -0.1) is 0 Å². The lowest BCUT2D eigenvalue weighted by Gasteiger charge is -2.30. The Labute approximate surface area is 813 Å². The van der Waals surface area contributed by atoms with Gasteiger partial charge in [0, 0.05) is 102 Å². The Morgan fingerprint density at radius 2 is 0.567 bits per heavy atom. The van der Waals surface area contributed by atoms with Gasteiger partial charge in [-0.05, 0) is 217 Å². The van der Waals surface area contributed by atoms with Crippen molar-refractivity contribution in [2.75, 3.05) is 0 Å². The maximum atomic E-state index is 15.7. The van der Waals surface area contributed by atoms with Crippen LogP contribution in [-0.4, -0.2) is 38.6 Å². The van der Waals surface area contributed by atoms with E-state index in [1.807, 2.05) is 201 Å². The quantitative estimate of drug-likeness (QED) is 0.0859. The van der Waals surface area contributed by atoms with Crippen molar-refractivity contribution >= 4 is 178 Å². The molecule has 12 nitrogen and oxygen atoms in total. The van der Waals surface area contributed by atoms with Crippen molar-refractivity contribution in [1.29, 1.82) is 5.26 Å². The van der Waals surface area contributed by atoms with Crippen LogP contribution in [0.2, 0.25) is 0 Å². The Morgan fingerprint density at radius 3 is 0.894 bits per heavy atom. The van der Waals surface area contributed by atoms with Gasteiger partial charge in [0.25, 0.3) is 0 Å². The number of benzene rings is 20. The zero-order chi connectivity index (χ0) is 94.5. The van der Waals surface area contributed by atoms with Gasteiger partial charge in [-0.25, -0.2) is 15.0 Å². The molecule has 141 heavy (non-hydrogen) atoms. The summed E-state index contributed by atoms with van der Waals surface area (Å²) >= 11 is 0. The molecule has 0 fully saturated rings. The van der Waals surface area contributed by atoms with E-state index in [2.05, 4.69) is 276 Å². The van der Waals surface area contributed by atoms with E-state index >= 15 is 13.7 Å². The fourth-order valence-corrected chi connectivity index (χ4v) is 32.0. The number of hydrogen-bond acceptors (Lipinski definition) is 9. The van der Waals surface area contributed by atoms with Crippen molar-refractivity contribution in [2.45, 2.75) is 40.0 Å². The first kappa shape index (κ1) is 84.6. The van der Waals surface area contributed by atoms with Gasteiger partial charge in [-0.2, -0.15) is 5.26 Å². The molecule has 0 amide bonds. The number of pyridine rings is 2. The molecule has 3 aliphatic rings. The predicted molar refractivity (Wildman–Crippen MR) is 586 cm³/mol. The van der Waals surface area contributed by atoms with Crippen LogP contribution in [0.25, 0.3) is 192 Å². The summed E-state index contributed by atoms with van der Waals surface area (Å²) in [5.41, 5.74) is 23.4. The maximum Gasteiger partial charge on any atom is 0.175 e. The normalized spacial score (nSPS) is 15.3.